The van der Waals surface area contributed by atoms with Crippen LogP contribution in [-0.4, -0.2) is 18.3 Å². The van der Waals surface area contributed by atoms with Gasteiger partial charge >= 0.3 is 0 Å². The van der Waals surface area contributed by atoms with Crippen molar-refractivity contribution >= 4 is 17.7 Å². The van der Waals surface area contributed by atoms with Gasteiger partial charge in [-0.25, -0.2) is 0 Å². The third-order valence-corrected chi connectivity index (χ3v) is 5.47. The van der Waals surface area contributed by atoms with Crippen molar-refractivity contribution < 1.29 is 9.84 Å². The Hall–Kier alpha value is -2.83. The smallest absolute Gasteiger partial charge is 0.176 e. The molecule has 0 aliphatic heterocycles. The highest BCUT2D eigenvalue weighted by atomic mass is 35.5. The fourth-order valence-electron chi connectivity index (χ4n) is 3.43. The van der Waals surface area contributed by atoms with Crippen LogP contribution in [0.5, 0.6) is 0 Å². The maximum Gasteiger partial charge on any atom is 0.176 e. The van der Waals surface area contributed by atoms with Gasteiger partial charge in [-0.2, -0.15) is 0 Å². The maximum atomic E-state index is 11.4. The molecule has 1 atom stereocenters. The van der Waals surface area contributed by atoms with Gasteiger partial charge in [0.1, 0.15) is 6.61 Å². The Morgan fingerprint density at radius 2 is 1.53 bits per heavy atom. The van der Waals surface area contributed by atoms with Crippen LogP contribution in [0.15, 0.2) is 90.5 Å². The van der Waals surface area contributed by atoms with Crippen molar-refractivity contribution in [3.8, 4) is 11.8 Å². The topological polar surface area (TPSA) is 29.5 Å². The number of hydrogen-bond acceptors (Lipinski definition) is 2. The largest absolute Gasteiger partial charge is 0.369 e. The van der Waals surface area contributed by atoms with Crippen LogP contribution in [0.1, 0.15) is 23.1 Å². The molecule has 3 aromatic carbocycles. The lowest BCUT2D eigenvalue weighted by atomic mass is 9.87. The first-order valence-electron chi connectivity index (χ1n) is 10.0. The maximum absolute atomic E-state index is 11.4. The van der Waals surface area contributed by atoms with Gasteiger partial charge in [0.25, 0.3) is 0 Å². The van der Waals surface area contributed by atoms with E-state index >= 15 is 0 Å². The van der Waals surface area contributed by atoms with Crippen LogP contribution in [0, 0.1) is 17.8 Å². The molecule has 0 spiro atoms. The van der Waals surface area contributed by atoms with Gasteiger partial charge in [-0.15, -0.1) is 0 Å². The molecule has 1 aliphatic rings. The van der Waals surface area contributed by atoms with E-state index in [-0.39, 0.29) is 6.61 Å². The normalized spacial score (nSPS) is 16.7. The van der Waals surface area contributed by atoms with Crippen LogP contribution in [-0.2, 0) is 10.3 Å². The second-order valence-corrected chi connectivity index (χ2v) is 7.87. The Morgan fingerprint density at radius 1 is 0.933 bits per heavy atom. The van der Waals surface area contributed by atoms with Gasteiger partial charge in [-0.05, 0) is 24.1 Å². The zero-order chi connectivity index (χ0) is 20.8. The van der Waals surface area contributed by atoms with Gasteiger partial charge in [0, 0.05) is 22.1 Å². The molecule has 30 heavy (non-hydrogen) atoms. The molecule has 150 valence electrons. The Bertz CT molecular complexity index is 1020. The van der Waals surface area contributed by atoms with E-state index in [9.17, 15) is 5.11 Å². The Balaban J connectivity index is 1.36. The predicted octanol–water partition coefficient (Wildman–Crippen LogP) is 5.70. The first-order chi connectivity index (χ1) is 14.6. The van der Waals surface area contributed by atoms with Crippen molar-refractivity contribution in [3.63, 3.8) is 0 Å². The van der Waals surface area contributed by atoms with Crippen molar-refractivity contribution in [2.45, 2.75) is 12.0 Å². The fourth-order valence-corrected chi connectivity index (χ4v) is 3.55. The van der Waals surface area contributed by atoms with E-state index in [0.29, 0.717) is 12.5 Å². The number of benzene rings is 3. The standard InChI is InChI=1S/C27H23ClO2/c28-26-14-12-21(13-15-26)18-22-19-23(22)20-30-17-7-16-27(29,24-8-3-1-4-9-24)25-10-5-2-6-11-25/h1-6,8-15,18,23,29H,17,19-20H2/b22-18-. The monoisotopic (exact) mass is 414 g/mol. The van der Waals surface area contributed by atoms with E-state index in [1.807, 2.05) is 84.9 Å². The molecular weight excluding hydrogens is 392 g/mol. The minimum Gasteiger partial charge on any atom is -0.369 e. The Labute approximate surface area is 182 Å². The summed E-state index contributed by atoms with van der Waals surface area (Å²) < 4.78 is 5.77. The lowest BCUT2D eigenvalue weighted by Gasteiger charge is -2.23. The van der Waals surface area contributed by atoms with Gasteiger partial charge in [0.2, 0.25) is 0 Å². The summed E-state index contributed by atoms with van der Waals surface area (Å²) >= 11 is 5.93. The van der Waals surface area contributed by atoms with Crippen LogP contribution in [0.25, 0.3) is 6.08 Å². The van der Waals surface area contributed by atoms with Crippen LogP contribution in [0.2, 0.25) is 5.02 Å². The fraction of sp³-hybridized carbons (Fsp3) is 0.185. The van der Waals surface area contributed by atoms with Crippen molar-refractivity contribution in [3.05, 3.63) is 112 Å². The van der Waals surface area contributed by atoms with Crippen LogP contribution >= 0.6 is 11.6 Å². The molecular formula is C27H23ClO2. The van der Waals surface area contributed by atoms with E-state index in [1.54, 1.807) is 0 Å². The molecule has 1 saturated carbocycles. The number of aliphatic hydroxyl groups is 1. The second kappa shape index (κ2) is 9.32. The number of rotatable bonds is 6. The molecule has 0 saturated heterocycles. The first kappa shape index (κ1) is 20.4. The average Bonchev–Trinajstić information content (AvgIpc) is 3.53. The van der Waals surface area contributed by atoms with Gasteiger partial charge in [0.15, 0.2) is 5.60 Å². The van der Waals surface area contributed by atoms with Crippen LogP contribution in [0.3, 0.4) is 0 Å². The third-order valence-electron chi connectivity index (χ3n) is 5.21. The third kappa shape index (κ3) is 5.01. The lowest BCUT2D eigenvalue weighted by Crippen LogP contribution is -2.25. The quantitative estimate of drug-likeness (QED) is 0.414. The highest BCUT2D eigenvalue weighted by Crippen LogP contribution is 2.39. The summed E-state index contributed by atoms with van der Waals surface area (Å²) in [6.07, 6.45) is 3.24. The summed E-state index contributed by atoms with van der Waals surface area (Å²) in [5.74, 6) is 6.50. The number of halogens is 1. The number of ether oxygens (including phenoxy) is 1. The van der Waals surface area contributed by atoms with Crippen molar-refractivity contribution in [1.29, 1.82) is 0 Å². The summed E-state index contributed by atoms with van der Waals surface area (Å²) in [6.45, 7) is 0.926. The van der Waals surface area contributed by atoms with E-state index in [2.05, 4.69) is 17.9 Å². The zero-order valence-corrected chi connectivity index (χ0v) is 17.3. The van der Waals surface area contributed by atoms with Gasteiger partial charge in [-0.3, -0.25) is 0 Å². The molecule has 1 aliphatic carbocycles. The molecule has 0 amide bonds. The van der Waals surface area contributed by atoms with Crippen LogP contribution < -0.4 is 0 Å². The zero-order valence-electron chi connectivity index (χ0n) is 16.6. The second-order valence-electron chi connectivity index (χ2n) is 7.43. The van der Waals surface area contributed by atoms with Crippen molar-refractivity contribution in [2.24, 2.45) is 5.92 Å². The van der Waals surface area contributed by atoms with Gasteiger partial charge < -0.3 is 9.84 Å². The Kier molecular flexibility index (Phi) is 6.35. The summed E-state index contributed by atoms with van der Waals surface area (Å²) in [6, 6.07) is 26.9. The van der Waals surface area contributed by atoms with Crippen molar-refractivity contribution in [2.75, 3.05) is 13.2 Å². The number of hydrogen-bond donors (Lipinski definition) is 1. The van der Waals surface area contributed by atoms with E-state index in [1.165, 1.54) is 5.57 Å². The summed E-state index contributed by atoms with van der Waals surface area (Å²) in [5, 5.41) is 12.1. The van der Waals surface area contributed by atoms with E-state index in [4.69, 9.17) is 16.3 Å². The molecule has 4 rings (SSSR count). The summed E-state index contributed by atoms with van der Waals surface area (Å²) in [4.78, 5) is 0. The molecule has 0 heterocycles. The molecule has 0 radical (unpaired) electrons. The van der Waals surface area contributed by atoms with Gasteiger partial charge in [0.05, 0.1) is 6.61 Å². The summed E-state index contributed by atoms with van der Waals surface area (Å²) in [5.41, 5.74) is 2.69. The summed E-state index contributed by atoms with van der Waals surface area (Å²) in [7, 11) is 0. The predicted molar refractivity (Wildman–Crippen MR) is 122 cm³/mol. The highest BCUT2D eigenvalue weighted by Gasteiger charge is 2.30. The molecule has 1 N–H and O–H groups in total. The molecule has 2 nitrogen and oxygen atoms in total. The average molecular weight is 415 g/mol. The molecule has 1 unspecified atom stereocenters. The molecule has 0 bridgehead atoms. The first-order valence-corrected chi connectivity index (χ1v) is 10.4. The molecule has 3 heteroatoms. The lowest BCUT2D eigenvalue weighted by molar-refractivity contribution is 0.141. The molecule has 3 aromatic rings. The van der Waals surface area contributed by atoms with Crippen LogP contribution in [0.4, 0.5) is 0 Å². The van der Waals surface area contributed by atoms with E-state index in [0.717, 1.165) is 28.1 Å². The molecule has 0 aromatic heterocycles. The minimum atomic E-state index is -1.36. The highest BCUT2D eigenvalue weighted by molar-refractivity contribution is 6.30. The molecule has 1 fully saturated rings. The van der Waals surface area contributed by atoms with E-state index < -0.39 is 5.60 Å². The SMILES string of the molecule is OC(C#CCOCC1C/C1=C/c1ccc(Cl)cc1)(c1ccccc1)c1ccccc1. The van der Waals surface area contributed by atoms with Crippen molar-refractivity contribution in [1.82, 2.24) is 0 Å². The Morgan fingerprint density at radius 3 is 2.13 bits per heavy atom. The van der Waals surface area contributed by atoms with Gasteiger partial charge in [-0.1, -0.05) is 108 Å². The minimum absolute atomic E-state index is 0.284.